The fourth-order valence-electron chi connectivity index (χ4n) is 6.85. The lowest BCUT2D eigenvalue weighted by atomic mass is 10.9. The summed E-state index contributed by atoms with van der Waals surface area (Å²) in [5.41, 5.74) is 0. The quantitative estimate of drug-likeness (QED) is 0.217. The molecule has 0 aromatic carbocycles. The normalized spacial score (nSPS) is 28.1. The van der Waals surface area contributed by atoms with Crippen LogP contribution in [0.15, 0.2) is 0 Å². The van der Waals surface area contributed by atoms with Gasteiger partial charge in [-0.25, -0.2) is 0 Å². The number of hydrogen-bond donors (Lipinski definition) is 0. The Morgan fingerprint density at radius 1 is 0.381 bits per heavy atom. The zero-order valence-electron chi connectivity index (χ0n) is 29.9. The molecule has 1 radical (unpaired) electrons. The zero-order chi connectivity index (χ0) is 32.9. The fraction of sp³-hybridized carbons (Fsp3) is 1.00. The van der Waals surface area contributed by atoms with Gasteiger partial charge < -0.3 is 32.9 Å². The average Bonchev–Trinajstić information content (AvgIpc) is 2.61. The van der Waals surface area contributed by atoms with Crippen molar-refractivity contribution in [3.63, 3.8) is 0 Å². The van der Waals surface area contributed by atoms with Crippen molar-refractivity contribution >= 4 is 84.9 Å². The predicted molar refractivity (Wildman–Crippen MR) is 195 cm³/mol. The van der Waals surface area contributed by atoms with Crippen LogP contribution in [0.2, 0.25) is 148 Å². The molecule has 0 saturated carbocycles. The molecule has 0 N–H and O–H groups in total. The Bertz CT molecular complexity index is 834. The van der Waals surface area contributed by atoms with Gasteiger partial charge in [-0.3, -0.25) is 4.80 Å². The first-order valence-corrected chi connectivity index (χ1v) is 43.8. The van der Waals surface area contributed by atoms with Crippen LogP contribution in [-0.2, 0) is 37.7 Å². The minimum absolute atomic E-state index is 0.800. The Kier molecular flexibility index (Phi) is 12.4. The molecule has 2 aliphatic rings. The highest BCUT2D eigenvalue weighted by atomic mass is 28.5. The first-order valence-electron chi connectivity index (χ1n) is 15.6. The van der Waals surface area contributed by atoms with E-state index in [1.807, 2.05) is 13.1 Å². The summed E-state index contributed by atoms with van der Waals surface area (Å²) in [6.45, 7) is 36.2. The molecule has 0 aromatic heterocycles. The van der Waals surface area contributed by atoms with E-state index in [0.717, 1.165) is 36.3 Å². The van der Waals surface area contributed by atoms with Crippen molar-refractivity contribution in [2.45, 2.75) is 148 Å². The number of hydrogen-bond acceptors (Lipinski definition) is 8. The van der Waals surface area contributed by atoms with E-state index >= 15 is 0 Å². The van der Waals surface area contributed by atoms with Crippen molar-refractivity contribution in [2.75, 3.05) is 0 Å². The monoisotopic (exact) mass is 763 g/mol. The fourth-order valence-corrected chi connectivity index (χ4v) is 62.4. The van der Waals surface area contributed by atoms with Crippen LogP contribution in [0.25, 0.3) is 0 Å². The minimum atomic E-state index is -2.61. The third-order valence-corrected chi connectivity index (χ3v) is 47.7. The summed E-state index contributed by atoms with van der Waals surface area (Å²) in [5.74, 6) is 0. The molecule has 0 unspecified atom stereocenters. The Labute approximate surface area is 268 Å². The summed E-state index contributed by atoms with van der Waals surface area (Å²) in [6, 6.07) is 5.71. The maximum atomic E-state index is 13.0. The zero-order valence-corrected chi connectivity index (χ0v) is 39.9. The Hall–Kier alpha value is 1.81. The molecule has 0 aromatic rings. The largest absolute Gasteiger partial charge is 0.416 e. The molecule has 2 rings (SSSR count). The molecular formula is C23H63O9Si10. The molecule has 2 aliphatic heterocycles. The van der Waals surface area contributed by atoms with Gasteiger partial charge in [-0.2, -0.15) is 0 Å². The Morgan fingerprint density at radius 3 is 0.857 bits per heavy atom. The van der Waals surface area contributed by atoms with E-state index in [4.69, 9.17) is 32.9 Å². The second-order valence-corrected chi connectivity index (χ2v) is 54.6. The second kappa shape index (κ2) is 13.0. The lowest BCUT2D eigenvalue weighted by molar-refractivity contribution is 0.233. The summed E-state index contributed by atoms with van der Waals surface area (Å²) in [7, 11) is -24.1. The topological polar surface area (TPSA) is 93.7 Å². The number of rotatable bonds is 9. The van der Waals surface area contributed by atoms with E-state index in [1.165, 1.54) is 0 Å². The highest BCUT2D eigenvalue weighted by Gasteiger charge is 2.55. The Balaban J connectivity index is 2.32. The maximum Gasteiger partial charge on any atom is 0.317 e. The van der Waals surface area contributed by atoms with Crippen molar-refractivity contribution in [3.8, 4) is 0 Å². The van der Waals surface area contributed by atoms with Gasteiger partial charge in [0.25, 0.3) is 0 Å². The lowest BCUT2D eigenvalue weighted by Crippen LogP contribution is -2.65. The second-order valence-electron chi connectivity index (χ2n) is 16.6. The van der Waals surface area contributed by atoms with E-state index < -0.39 is 84.9 Å². The minimum Gasteiger partial charge on any atom is -0.416 e. The average molecular weight is 765 g/mol. The first kappa shape index (κ1) is 40.0. The third-order valence-electron chi connectivity index (χ3n) is 7.51. The molecule has 0 spiro atoms. The van der Waals surface area contributed by atoms with Gasteiger partial charge in [0.05, 0.1) is 8.07 Å². The van der Waals surface area contributed by atoms with Gasteiger partial charge in [0.15, 0.2) is 0 Å². The standard InChI is InChI=1S/C23H63O9Si10/c1-33(2,24)18-19-40(15,20-22-41(16)29-36(7,8)25-34(3,4)26-37(9,10)30-41)21-23-42(17)31-38(11,12)27-35(5,6)28-39(13,14)32-42/h18-23H2,1-17H3. The highest BCUT2D eigenvalue weighted by Crippen LogP contribution is 2.40. The third kappa shape index (κ3) is 13.9. The van der Waals surface area contributed by atoms with Crippen LogP contribution in [0, 0.1) is 0 Å². The summed E-state index contributed by atoms with van der Waals surface area (Å²) in [4.78, 5) is 13.0. The molecule has 249 valence electrons. The van der Waals surface area contributed by atoms with E-state index in [0.29, 0.717) is 0 Å². The summed E-state index contributed by atoms with van der Waals surface area (Å²) in [6.07, 6.45) is 0. The van der Waals surface area contributed by atoms with Crippen LogP contribution in [0.4, 0.5) is 0 Å². The molecule has 9 nitrogen and oxygen atoms in total. The van der Waals surface area contributed by atoms with Crippen molar-refractivity contribution in [1.82, 2.24) is 0 Å². The van der Waals surface area contributed by atoms with Crippen LogP contribution >= 0.6 is 0 Å². The van der Waals surface area contributed by atoms with Gasteiger partial charge >= 0.3 is 68.5 Å². The van der Waals surface area contributed by atoms with E-state index in [-0.39, 0.29) is 0 Å². The van der Waals surface area contributed by atoms with E-state index in [2.05, 4.69) is 98.2 Å². The van der Waals surface area contributed by atoms with Crippen molar-refractivity contribution in [2.24, 2.45) is 0 Å². The van der Waals surface area contributed by atoms with Crippen LogP contribution in [-0.4, -0.2) is 84.9 Å². The molecule has 2 fully saturated rings. The SMILES string of the molecule is C[Si](C)([O])CC[Si](C)(CC[Si]1(C)O[Si](C)(C)O[Si](C)(C)O[Si](C)(C)O1)CC[Si]1(C)O[Si](C)(C)O[Si](C)(C)O[Si](C)(C)O1. The van der Waals surface area contributed by atoms with Crippen LogP contribution in [0.3, 0.4) is 0 Å². The molecule has 2 heterocycles. The molecule has 0 bridgehead atoms. The van der Waals surface area contributed by atoms with Gasteiger partial charge in [0.2, 0.25) is 8.32 Å². The molecular weight excluding hydrogens is 701 g/mol. The first-order chi connectivity index (χ1) is 18.3. The molecule has 19 heteroatoms. The predicted octanol–water partition coefficient (Wildman–Crippen LogP) is 8.22. The van der Waals surface area contributed by atoms with Gasteiger partial charge in [-0.15, -0.1) is 0 Å². The molecule has 42 heavy (non-hydrogen) atoms. The van der Waals surface area contributed by atoms with Crippen molar-refractivity contribution in [3.05, 3.63) is 0 Å². The van der Waals surface area contributed by atoms with Gasteiger partial charge in [-0.05, 0) is 123 Å². The van der Waals surface area contributed by atoms with Gasteiger partial charge in [-0.1, -0.05) is 24.7 Å². The highest BCUT2D eigenvalue weighted by molar-refractivity contribution is 6.95. The van der Waals surface area contributed by atoms with Gasteiger partial charge in [0.1, 0.15) is 0 Å². The molecule has 0 amide bonds. The van der Waals surface area contributed by atoms with Crippen molar-refractivity contribution < 1.29 is 37.7 Å². The summed E-state index contributed by atoms with van der Waals surface area (Å²) < 4.78 is 54.1. The van der Waals surface area contributed by atoms with E-state index in [1.54, 1.807) is 0 Å². The molecule has 0 aliphatic carbocycles. The smallest absolute Gasteiger partial charge is 0.317 e. The molecule has 2 saturated heterocycles. The van der Waals surface area contributed by atoms with Gasteiger partial charge in [0, 0.05) is 0 Å². The van der Waals surface area contributed by atoms with Crippen LogP contribution < -0.4 is 0 Å². The van der Waals surface area contributed by atoms with E-state index in [9.17, 15) is 4.80 Å². The maximum absolute atomic E-state index is 13.0. The van der Waals surface area contributed by atoms with Crippen molar-refractivity contribution in [1.29, 1.82) is 0 Å². The Morgan fingerprint density at radius 2 is 0.619 bits per heavy atom. The molecule has 0 atom stereocenters. The summed E-state index contributed by atoms with van der Waals surface area (Å²) >= 11 is 0. The van der Waals surface area contributed by atoms with Crippen LogP contribution in [0.1, 0.15) is 0 Å². The van der Waals surface area contributed by atoms with Crippen LogP contribution in [0.5, 0.6) is 0 Å². The summed E-state index contributed by atoms with van der Waals surface area (Å²) in [5, 5.41) is 0. The lowest BCUT2D eigenvalue weighted by Gasteiger charge is -2.48.